The number of hydrogen-bond donors (Lipinski definition) is 0. The smallest absolute Gasteiger partial charge is 0.236 e. The molecule has 2 nitrogen and oxygen atoms in total. The highest BCUT2D eigenvalue weighted by Crippen LogP contribution is 2.15. The Hall–Kier alpha value is -2.14. The van der Waals surface area contributed by atoms with E-state index in [0.717, 1.165) is 16.3 Å². The molecule has 15 heavy (non-hydrogen) atoms. The van der Waals surface area contributed by atoms with Crippen molar-refractivity contribution in [3.8, 4) is 6.07 Å². The van der Waals surface area contributed by atoms with E-state index in [2.05, 4.69) is 0 Å². The number of fused-ring (bicyclic) bond motifs is 1. The summed E-state index contributed by atoms with van der Waals surface area (Å²) in [6.07, 6.45) is 0.196. The number of rotatable bonds is 2. The lowest BCUT2D eigenvalue weighted by Gasteiger charge is -2.00. The first-order valence-electron chi connectivity index (χ1n) is 4.70. The van der Waals surface area contributed by atoms with Gasteiger partial charge in [-0.1, -0.05) is 42.5 Å². The standard InChI is InChI=1S/C13H9NO/c14-9-13(15)8-10-5-6-11-3-1-2-4-12(11)7-10/h1-7H,8H2. The molecule has 0 spiro atoms. The third-order valence-corrected chi connectivity index (χ3v) is 2.30. The first kappa shape index (κ1) is 9.42. The molecule has 0 unspecified atom stereocenters. The first-order chi connectivity index (χ1) is 7.29. The number of ketones is 1. The monoisotopic (exact) mass is 195 g/mol. The molecule has 2 heteroatoms. The van der Waals surface area contributed by atoms with Crippen LogP contribution < -0.4 is 0 Å². The Bertz CT molecular complexity index is 552. The first-order valence-corrected chi connectivity index (χ1v) is 4.70. The van der Waals surface area contributed by atoms with E-state index in [4.69, 9.17) is 5.26 Å². The zero-order valence-corrected chi connectivity index (χ0v) is 8.10. The van der Waals surface area contributed by atoms with E-state index < -0.39 is 5.78 Å². The molecule has 0 bridgehead atoms. The molecule has 0 atom stereocenters. The van der Waals surface area contributed by atoms with Crippen molar-refractivity contribution in [1.82, 2.24) is 0 Å². The van der Waals surface area contributed by atoms with Gasteiger partial charge in [-0.2, -0.15) is 5.26 Å². The second kappa shape index (κ2) is 3.93. The Morgan fingerprint density at radius 1 is 1.13 bits per heavy atom. The van der Waals surface area contributed by atoms with Crippen molar-refractivity contribution < 1.29 is 4.79 Å². The second-order valence-electron chi connectivity index (χ2n) is 3.39. The molecular weight excluding hydrogens is 186 g/mol. The SMILES string of the molecule is N#CC(=O)Cc1ccc2ccccc2c1. The molecule has 0 saturated heterocycles. The number of carbonyl (C=O) groups is 1. The Labute approximate surface area is 87.8 Å². The Balaban J connectivity index is 2.39. The highest BCUT2D eigenvalue weighted by Gasteiger charge is 2.02. The molecule has 0 aliphatic heterocycles. The number of benzene rings is 2. The normalized spacial score (nSPS) is 9.80. The van der Waals surface area contributed by atoms with Crippen LogP contribution in [0.3, 0.4) is 0 Å². The zero-order valence-electron chi connectivity index (χ0n) is 8.10. The van der Waals surface area contributed by atoms with E-state index in [0.29, 0.717) is 0 Å². The summed E-state index contributed by atoms with van der Waals surface area (Å²) in [4.78, 5) is 11.0. The molecule has 0 fully saturated rings. The van der Waals surface area contributed by atoms with Crippen LogP contribution in [0.2, 0.25) is 0 Å². The lowest BCUT2D eigenvalue weighted by molar-refractivity contribution is -0.113. The molecule has 72 valence electrons. The Kier molecular flexibility index (Phi) is 2.47. The number of nitriles is 1. The summed E-state index contributed by atoms with van der Waals surface area (Å²) < 4.78 is 0. The summed E-state index contributed by atoms with van der Waals surface area (Å²) >= 11 is 0. The fourth-order valence-corrected chi connectivity index (χ4v) is 1.57. The van der Waals surface area contributed by atoms with Gasteiger partial charge in [-0.05, 0) is 16.3 Å². The number of nitrogens with zero attached hydrogens (tertiary/aromatic N) is 1. The van der Waals surface area contributed by atoms with Gasteiger partial charge in [0, 0.05) is 6.42 Å². The lowest BCUT2D eigenvalue weighted by Crippen LogP contribution is -1.98. The minimum absolute atomic E-state index is 0.196. The van der Waals surface area contributed by atoms with Crippen LogP contribution in [0.5, 0.6) is 0 Å². The van der Waals surface area contributed by atoms with Gasteiger partial charge in [0.25, 0.3) is 0 Å². The van der Waals surface area contributed by atoms with Crippen molar-refractivity contribution in [2.75, 3.05) is 0 Å². The topological polar surface area (TPSA) is 40.9 Å². The fourth-order valence-electron chi connectivity index (χ4n) is 1.57. The number of carbonyl (C=O) groups excluding carboxylic acids is 1. The summed E-state index contributed by atoms with van der Waals surface area (Å²) in [5.74, 6) is -0.398. The minimum Gasteiger partial charge on any atom is -0.282 e. The van der Waals surface area contributed by atoms with E-state index in [1.54, 1.807) is 6.07 Å². The molecule has 0 aliphatic carbocycles. The minimum atomic E-state index is -0.398. The van der Waals surface area contributed by atoms with E-state index in [1.807, 2.05) is 42.5 Å². The zero-order chi connectivity index (χ0) is 10.7. The molecule has 0 saturated carbocycles. The summed E-state index contributed by atoms with van der Waals surface area (Å²) in [5, 5.41) is 10.7. The summed E-state index contributed by atoms with van der Waals surface area (Å²) in [6.45, 7) is 0. The van der Waals surface area contributed by atoms with Gasteiger partial charge >= 0.3 is 0 Å². The molecule has 0 N–H and O–H groups in total. The van der Waals surface area contributed by atoms with Crippen LogP contribution in [0, 0.1) is 11.3 Å². The van der Waals surface area contributed by atoms with Gasteiger partial charge in [-0.25, -0.2) is 0 Å². The van der Waals surface area contributed by atoms with Crippen LogP contribution in [0.25, 0.3) is 10.8 Å². The van der Waals surface area contributed by atoms with Gasteiger partial charge in [0.05, 0.1) is 0 Å². The van der Waals surface area contributed by atoms with Crippen molar-refractivity contribution in [3.05, 3.63) is 48.0 Å². The highest BCUT2D eigenvalue weighted by atomic mass is 16.1. The number of hydrogen-bond acceptors (Lipinski definition) is 2. The van der Waals surface area contributed by atoms with E-state index in [1.165, 1.54) is 0 Å². The maximum atomic E-state index is 11.0. The van der Waals surface area contributed by atoms with Gasteiger partial charge in [-0.3, -0.25) is 4.79 Å². The molecule has 0 radical (unpaired) electrons. The predicted molar refractivity (Wildman–Crippen MR) is 58.3 cm³/mol. The van der Waals surface area contributed by atoms with Crippen molar-refractivity contribution >= 4 is 16.6 Å². The van der Waals surface area contributed by atoms with Crippen molar-refractivity contribution in [3.63, 3.8) is 0 Å². The van der Waals surface area contributed by atoms with E-state index in [9.17, 15) is 4.79 Å². The van der Waals surface area contributed by atoms with Gasteiger partial charge in [0.15, 0.2) is 0 Å². The average molecular weight is 195 g/mol. The highest BCUT2D eigenvalue weighted by molar-refractivity contribution is 5.95. The van der Waals surface area contributed by atoms with Crippen LogP contribution in [0.4, 0.5) is 0 Å². The maximum absolute atomic E-state index is 11.0. The predicted octanol–water partition coefficient (Wildman–Crippen LogP) is 2.47. The quantitative estimate of drug-likeness (QED) is 0.691. The van der Waals surface area contributed by atoms with Crippen LogP contribution in [0.15, 0.2) is 42.5 Å². The van der Waals surface area contributed by atoms with Gasteiger partial charge < -0.3 is 0 Å². The second-order valence-corrected chi connectivity index (χ2v) is 3.39. The van der Waals surface area contributed by atoms with Gasteiger partial charge in [-0.15, -0.1) is 0 Å². The van der Waals surface area contributed by atoms with Crippen LogP contribution in [-0.2, 0) is 11.2 Å². The maximum Gasteiger partial charge on any atom is 0.236 e. The Morgan fingerprint density at radius 2 is 1.87 bits per heavy atom. The Morgan fingerprint density at radius 3 is 2.60 bits per heavy atom. The molecule has 2 rings (SSSR count). The van der Waals surface area contributed by atoms with Gasteiger partial charge in [0.1, 0.15) is 6.07 Å². The molecule has 0 heterocycles. The third kappa shape index (κ3) is 2.03. The van der Waals surface area contributed by atoms with Gasteiger partial charge in [0.2, 0.25) is 5.78 Å². The summed E-state index contributed by atoms with van der Waals surface area (Å²) in [7, 11) is 0. The molecule has 2 aromatic carbocycles. The van der Waals surface area contributed by atoms with E-state index >= 15 is 0 Å². The summed E-state index contributed by atoms with van der Waals surface area (Å²) in [6, 6.07) is 15.4. The molecule has 0 aromatic heterocycles. The summed E-state index contributed by atoms with van der Waals surface area (Å²) in [5.41, 5.74) is 0.889. The molecule has 0 amide bonds. The van der Waals surface area contributed by atoms with Crippen molar-refractivity contribution in [1.29, 1.82) is 5.26 Å². The lowest BCUT2D eigenvalue weighted by atomic mass is 10.0. The fraction of sp³-hybridized carbons (Fsp3) is 0.0769. The molecular formula is C13H9NO. The largest absolute Gasteiger partial charge is 0.282 e. The number of Topliss-reactive ketones (excluding diaryl/α,β-unsaturated/α-hetero) is 1. The van der Waals surface area contributed by atoms with Crippen molar-refractivity contribution in [2.24, 2.45) is 0 Å². The van der Waals surface area contributed by atoms with Crippen molar-refractivity contribution in [2.45, 2.75) is 6.42 Å². The van der Waals surface area contributed by atoms with Crippen LogP contribution in [-0.4, -0.2) is 5.78 Å². The molecule has 0 aliphatic rings. The molecule has 2 aromatic rings. The van der Waals surface area contributed by atoms with E-state index in [-0.39, 0.29) is 6.42 Å². The van der Waals surface area contributed by atoms with Crippen LogP contribution >= 0.6 is 0 Å². The third-order valence-electron chi connectivity index (χ3n) is 2.30. The van der Waals surface area contributed by atoms with Crippen LogP contribution in [0.1, 0.15) is 5.56 Å². The average Bonchev–Trinajstić information content (AvgIpc) is 2.29.